The zero-order valence-electron chi connectivity index (χ0n) is 11.4. The minimum Gasteiger partial charge on any atom is -0.291 e. The van der Waals surface area contributed by atoms with E-state index in [-0.39, 0.29) is 0 Å². The first-order valence-corrected chi connectivity index (χ1v) is 7.17. The van der Waals surface area contributed by atoms with Crippen molar-refractivity contribution in [3.05, 3.63) is 48.6 Å². The maximum absolute atomic E-state index is 4.01. The molecule has 5 atom stereocenters. The van der Waals surface area contributed by atoms with Crippen LogP contribution in [-0.2, 0) is 0 Å². The molecule has 18 heavy (non-hydrogen) atoms. The molecule has 1 aliphatic heterocycles. The maximum Gasteiger partial charge on any atom is 0.0325 e. The Hall–Kier alpha value is -1.08. The van der Waals surface area contributed by atoms with Gasteiger partial charge in [-0.1, -0.05) is 36.4 Å². The number of allylic oxidation sites excluding steroid dienone is 1. The fourth-order valence-electron chi connectivity index (χ4n) is 4.27. The molecule has 1 aromatic carbocycles. The predicted molar refractivity (Wildman–Crippen MR) is 76.4 cm³/mol. The minimum atomic E-state index is 0.543. The van der Waals surface area contributed by atoms with Crippen LogP contribution in [0.4, 0.5) is 0 Å². The summed E-state index contributed by atoms with van der Waals surface area (Å²) in [6.07, 6.45) is 4.87. The summed E-state index contributed by atoms with van der Waals surface area (Å²) in [5, 5.41) is 0. The maximum atomic E-state index is 4.01. The lowest BCUT2D eigenvalue weighted by Crippen LogP contribution is -2.43. The van der Waals surface area contributed by atoms with E-state index < -0.39 is 0 Å². The number of benzene rings is 1. The molecule has 2 fully saturated rings. The van der Waals surface area contributed by atoms with Gasteiger partial charge in [-0.25, -0.2) is 0 Å². The lowest BCUT2D eigenvalue weighted by molar-refractivity contribution is 0.0878. The monoisotopic (exact) mass is 241 g/mol. The third-order valence-corrected chi connectivity index (χ3v) is 5.18. The highest BCUT2D eigenvalue weighted by molar-refractivity contribution is 5.20. The minimum absolute atomic E-state index is 0.543. The van der Waals surface area contributed by atoms with E-state index in [0.29, 0.717) is 12.1 Å². The SMILES string of the molecule is C=C[C@H]1C[C@H]2C[C@@H]1[C@H](C)N2[C@@H](C)c1ccccc1. The number of fused-ring (bicyclic) bond motifs is 2. The highest BCUT2D eigenvalue weighted by Crippen LogP contribution is 2.49. The highest BCUT2D eigenvalue weighted by atomic mass is 15.3. The summed E-state index contributed by atoms with van der Waals surface area (Å²) in [5.41, 5.74) is 1.45. The molecular weight excluding hydrogens is 218 g/mol. The highest BCUT2D eigenvalue weighted by Gasteiger charge is 2.49. The Morgan fingerprint density at radius 1 is 1.28 bits per heavy atom. The number of likely N-dealkylation sites (tertiary alicyclic amines) is 1. The number of nitrogens with zero attached hydrogens (tertiary/aromatic N) is 1. The summed E-state index contributed by atoms with van der Waals surface area (Å²) in [5.74, 6) is 1.59. The topological polar surface area (TPSA) is 3.24 Å². The Morgan fingerprint density at radius 2 is 2.00 bits per heavy atom. The second-order valence-electron chi connectivity index (χ2n) is 5.96. The molecule has 96 valence electrons. The van der Waals surface area contributed by atoms with E-state index in [2.05, 4.69) is 61.7 Å². The molecule has 1 aliphatic carbocycles. The molecule has 0 aromatic heterocycles. The Labute approximate surface area is 111 Å². The quantitative estimate of drug-likeness (QED) is 0.722. The van der Waals surface area contributed by atoms with Gasteiger partial charge in [0.15, 0.2) is 0 Å². The van der Waals surface area contributed by atoms with Gasteiger partial charge >= 0.3 is 0 Å². The standard InChI is InChI=1S/C17H23N/c1-4-14-10-16-11-17(14)13(3)18(16)12(2)15-8-6-5-7-9-15/h4-9,12-14,16-17H,1,10-11H2,2-3H3/t12-,13-,14-,16-,17+/m0/s1. The molecule has 0 radical (unpaired) electrons. The van der Waals surface area contributed by atoms with Gasteiger partial charge in [0, 0.05) is 18.1 Å². The number of hydrogen-bond donors (Lipinski definition) is 0. The Balaban J connectivity index is 1.81. The van der Waals surface area contributed by atoms with E-state index in [4.69, 9.17) is 0 Å². The Bertz CT molecular complexity index is 422. The summed E-state index contributed by atoms with van der Waals surface area (Å²) < 4.78 is 0. The third-order valence-electron chi connectivity index (χ3n) is 5.18. The average molecular weight is 241 g/mol. The first-order chi connectivity index (χ1) is 8.72. The van der Waals surface area contributed by atoms with Crippen molar-refractivity contribution in [3.8, 4) is 0 Å². The van der Waals surface area contributed by atoms with Gasteiger partial charge in [-0.3, -0.25) is 4.90 Å². The van der Waals surface area contributed by atoms with Gasteiger partial charge in [0.2, 0.25) is 0 Å². The van der Waals surface area contributed by atoms with Crippen LogP contribution in [0.15, 0.2) is 43.0 Å². The van der Waals surface area contributed by atoms with E-state index in [0.717, 1.165) is 17.9 Å². The molecule has 2 aliphatic rings. The Morgan fingerprint density at radius 3 is 2.61 bits per heavy atom. The van der Waals surface area contributed by atoms with Gasteiger partial charge in [-0.05, 0) is 44.1 Å². The van der Waals surface area contributed by atoms with Crippen LogP contribution in [0.25, 0.3) is 0 Å². The molecule has 1 nitrogen and oxygen atoms in total. The summed E-state index contributed by atoms with van der Waals surface area (Å²) in [7, 11) is 0. The molecule has 1 saturated carbocycles. The van der Waals surface area contributed by atoms with Crippen molar-refractivity contribution in [2.45, 2.75) is 44.8 Å². The molecule has 2 bridgehead atoms. The largest absolute Gasteiger partial charge is 0.291 e. The summed E-state index contributed by atoms with van der Waals surface area (Å²) in [6.45, 7) is 8.76. The zero-order valence-corrected chi connectivity index (χ0v) is 11.4. The third kappa shape index (κ3) is 1.73. The molecule has 1 saturated heterocycles. The van der Waals surface area contributed by atoms with Gasteiger partial charge in [-0.15, -0.1) is 6.58 Å². The van der Waals surface area contributed by atoms with Gasteiger partial charge in [-0.2, -0.15) is 0 Å². The fourth-order valence-corrected chi connectivity index (χ4v) is 4.27. The molecule has 3 rings (SSSR count). The second kappa shape index (κ2) is 4.55. The van der Waals surface area contributed by atoms with Gasteiger partial charge in [0.25, 0.3) is 0 Å². The van der Waals surface area contributed by atoms with Gasteiger partial charge < -0.3 is 0 Å². The first-order valence-electron chi connectivity index (χ1n) is 7.17. The van der Waals surface area contributed by atoms with Crippen LogP contribution >= 0.6 is 0 Å². The van der Waals surface area contributed by atoms with E-state index >= 15 is 0 Å². The molecule has 0 amide bonds. The van der Waals surface area contributed by atoms with Crippen molar-refractivity contribution in [1.29, 1.82) is 0 Å². The van der Waals surface area contributed by atoms with Crippen molar-refractivity contribution < 1.29 is 0 Å². The molecule has 0 N–H and O–H groups in total. The Kier molecular flexibility index (Phi) is 3.03. The van der Waals surface area contributed by atoms with Crippen LogP contribution in [0.5, 0.6) is 0 Å². The predicted octanol–water partition coefficient (Wildman–Crippen LogP) is 4.03. The molecule has 1 heterocycles. The van der Waals surface area contributed by atoms with Crippen LogP contribution < -0.4 is 0 Å². The van der Waals surface area contributed by atoms with E-state index in [1.165, 1.54) is 18.4 Å². The normalized spacial score (nSPS) is 36.8. The lowest BCUT2D eigenvalue weighted by Gasteiger charge is -2.40. The average Bonchev–Trinajstić information content (AvgIpc) is 2.96. The van der Waals surface area contributed by atoms with Crippen molar-refractivity contribution in [1.82, 2.24) is 4.90 Å². The molecule has 0 unspecified atom stereocenters. The van der Waals surface area contributed by atoms with E-state index in [1.54, 1.807) is 0 Å². The van der Waals surface area contributed by atoms with Crippen molar-refractivity contribution in [2.24, 2.45) is 11.8 Å². The van der Waals surface area contributed by atoms with Crippen molar-refractivity contribution in [3.63, 3.8) is 0 Å². The van der Waals surface area contributed by atoms with Crippen molar-refractivity contribution in [2.75, 3.05) is 0 Å². The van der Waals surface area contributed by atoms with Gasteiger partial charge in [0.05, 0.1) is 0 Å². The molecular formula is C17H23N. The molecule has 0 spiro atoms. The van der Waals surface area contributed by atoms with Crippen LogP contribution in [0.3, 0.4) is 0 Å². The lowest BCUT2D eigenvalue weighted by atomic mass is 9.87. The van der Waals surface area contributed by atoms with Crippen LogP contribution in [0.2, 0.25) is 0 Å². The van der Waals surface area contributed by atoms with E-state index in [9.17, 15) is 0 Å². The van der Waals surface area contributed by atoms with Crippen molar-refractivity contribution >= 4 is 0 Å². The number of piperidine rings is 1. The summed E-state index contributed by atoms with van der Waals surface area (Å²) in [6, 6.07) is 12.9. The van der Waals surface area contributed by atoms with E-state index in [1.807, 2.05) is 0 Å². The smallest absolute Gasteiger partial charge is 0.0325 e. The zero-order chi connectivity index (χ0) is 12.7. The number of rotatable bonds is 3. The van der Waals surface area contributed by atoms with Gasteiger partial charge in [0.1, 0.15) is 0 Å². The fraction of sp³-hybridized carbons (Fsp3) is 0.529. The van der Waals surface area contributed by atoms with Crippen LogP contribution in [0.1, 0.15) is 38.3 Å². The molecule has 1 aromatic rings. The van der Waals surface area contributed by atoms with Crippen LogP contribution in [-0.4, -0.2) is 17.0 Å². The summed E-state index contributed by atoms with van der Waals surface area (Å²) >= 11 is 0. The summed E-state index contributed by atoms with van der Waals surface area (Å²) in [4.78, 5) is 2.74. The molecule has 1 heteroatoms. The van der Waals surface area contributed by atoms with Crippen LogP contribution in [0, 0.1) is 11.8 Å². The number of hydrogen-bond acceptors (Lipinski definition) is 1. The second-order valence-corrected chi connectivity index (χ2v) is 5.96. The first kappa shape index (κ1) is 12.0.